The smallest absolute Gasteiger partial charge is 0.198 e. The van der Waals surface area contributed by atoms with E-state index in [4.69, 9.17) is 16.3 Å². The standard InChI is InChI=1S/C13H10ClNO2/c1-17-12-8-15-7-6-10(12)13(16)9-4-2-3-5-11(9)14/h2-8H,1H3. The molecule has 0 N–H and O–H groups in total. The number of benzene rings is 1. The van der Waals surface area contributed by atoms with Gasteiger partial charge in [-0.15, -0.1) is 0 Å². The highest BCUT2D eigenvalue weighted by Crippen LogP contribution is 2.23. The van der Waals surface area contributed by atoms with Crippen LogP contribution >= 0.6 is 11.6 Å². The van der Waals surface area contributed by atoms with Crippen LogP contribution in [0, 0.1) is 0 Å². The van der Waals surface area contributed by atoms with Gasteiger partial charge >= 0.3 is 0 Å². The van der Waals surface area contributed by atoms with Crippen molar-refractivity contribution in [3.8, 4) is 5.75 Å². The Bertz CT molecular complexity index is 555. The van der Waals surface area contributed by atoms with Gasteiger partial charge in [-0.2, -0.15) is 0 Å². The van der Waals surface area contributed by atoms with E-state index in [-0.39, 0.29) is 5.78 Å². The van der Waals surface area contributed by atoms with E-state index in [0.717, 1.165) is 0 Å². The second-order valence-electron chi connectivity index (χ2n) is 3.38. The molecule has 17 heavy (non-hydrogen) atoms. The van der Waals surface area contributed by atoms with Crippen molar-refractivity contribution in [2.24, 2.45) is 0 Å². The van der Waals surface area contributed by atoms with Crippen molar-refractivity contribution in [1.29, 1.82) is 0 Å². The molecule has 0 aliphatic heterocycles. The van der Waals surface area contributed by atoms with E-state index in [9.17, 15) is 4.79 Å². The number of hydrogen-bond acceptors (Lipinski definition) is 3. The third-order valence-electron chi connectivity index (χ3n) is 2.37. The van der Waals surface area contributed by atoms with Gasteiger partial charge in [0.15, 0.2) is 5.78 Å². The highest BCUT2D eigenvalue weighted by molar-refractivity contribution is 6.35. The summed E-state index contributed by atoms with van der Waals surface area (Å²) in [5.41, 5.74) is 0.911. The maximum absolute atomic E-state index is 12.3. The van der Waals surface area contributed by atoms with Gasteiger partial charge in [0, 0.05) is 11.8 Å². The van der Waals surface area contributed by atoms with Gasteiger partial charge in [-0.3, -0.25) is 9.78 Å². The Morgan fingerprint density at radius 2 is 2.00 bits per heavy atom. The van der Waals surface area contributed by atoms with Crippen LogP contribution in [0.3, 0.4) is 0 Å². The summed E-state index contributed by atoms with van der Waals surface area (Å²) >= 11 is 5.99. The molecule has 2 rings (SSSR count). The summed E-state index contributed by atoms with van der Waals surface area (Å²) < 4.78 is 5.10. The van der Waals surface area contributed by atoms with E-state index < -0.39 is 0 Å². The van der Waals surface area contributed by atoms with Crippen LogP contribution in [0.1, 0.15) is 15.9 Å². The largest absolute Gasteiger partial charge is 0.494 e. The van der Waals surface area contributed by atoms with Crippen LogP contribution in [0.2, 0.25) is 5.02 Å². The molecule has 4 heteroatoms. The average molecular weight is 248 g/mol. The van der Waals surface area contributed by atoms with E-state index in [0.29, 0.717) is 21.9 Å². The minimum absolute atomic E-state index is 0.171. The molecule has 1 heterocycles. The molecule has 0 spiro atoms. The molecular weight excluding hydrogens is 238 g/mol. The molecule has 0 saturated carbocycles. The van der Waals surface area contributed by atoms with Gasteiger partial charge in [0.2, 0.25) is 0 Å². The molecule has 86 valence electrons. The number of carbonyl (C=O) groups excluding carboxylic acids is 1. The van der Waals surface area contributed by atoms with Crippen molar-refractivity contribution < 1.29 is 9.53 Å². The lowest BCUT2D eigenvalue weighted by atomic mass is 10.0. The number of methoxy groups -OCH3 is 1. The van der Waals surface area contributed by atoms with Crippen molar-refractivity contribution in [3.63, 3.8) is 0 Å². The minimum Gasteiger partial charge on any atom is -0.494 e. The number of pyridine rings is 1. The molecule has 1 aromatic heterocycles. The second-order valence-corrected chi connectivity index (χ2v) is 3.79. The van der Waals surface area contributed by atoms with Crippen LogP contribution in [0.15, 0.2) is 42.7 Å². The zero-order chi connectivity index (χ0) is 12.3. The van der Waals surface area contributed by atoms with E-state index in [1.165, 1.54) is 13.3 Å². The summed E-state index contributed by atoms with van der Waals surface area (Å²) in [6.07, 6.45) is 3.05. The minimum atomic E-state index is -0.171. The number of nitrogens with zero attached hydrogens (tertiary/aromatic N) is 1. The van der Waals surface area contributed by atoms with E-state index in [2.05, 4.69) is 4.98 Å². The fraction of sp³-hybridized carbons (Fsp3) is 0.0769. The maximum atomic E-state index is 12.3. The highest BCUT2D eigenvalue weighted by Gasteiger charge is 2.16. The monoisotopic (exact) mass is 247 g/mol. The fourth-order valence-corrected chi connectivity index (χ4v) is 1.74. The van der Waals surface area contributed by atoms with Crippen LogP contribution in [0.25, 0.3) is 0 Å². The molecule has 0 saturated heterocycles. The second kappa shape index (κ2) is 4.97. The van der Waals surface area contributed by atoms with Crippen LogP contribution in [-0.2, 0) is 0 Å². The van der Waals surface area contributed by atoms with Crippen LogP contribution in [-0.4, -0.2) is 17.9 Å². The first-order valence-electron chi connectivity index (χ1n) is 5.01. The number of halogens is 1. The van der Waals surface area contributed by atoms with Gasteiger partial charge in [0.1, 0.15) is 5.75 Å². The third-order valence-corrected chi connectivity index (χ3v) is 2.70. The Kier molecular flexibility index (Phi) is 3.40. The third kappa shape index (κ3) is 2.29. The molecule has 0 atom stereocenters. The lowest BCUT2D eigenvalue weighted by molar-refractivity contribution is 0.103. The van der Waals surface area contributed by atoms with Gasteiger partial charge < -0.3 is 4.74 Å². The molecule has 1 aromatic carbocycles. The van der Waals surface area contributed by atoms with Crippen molar-refractivity contribution in [1.82, 2.24) is 4.98 Å². The van der Waals surface area contributed by atoms with E-state index >= 15 is 0 Å². The molecule has 3 nitrogen and oxygen atoms in total. The first kappa shape index (κ1) is 11.6. The highest BCUT2D eigenvalue weighted by atomic mass is 35.5. The van der Waals surface area contributed by atoms with Crippen LogP contribution in [0.5, 0.6) is 5.75 Å². The van der Waals surface area contributed by atoms with Crippen LogP contribution < -0.4 is 4.74 Å². The van der Waals surface area contributed by atoms with Crippen molar-refractivity contribution in [2.45, 2.75) is 0 Å². The SMILES string of the molecule is COc1cnccc1C(=O)c1ccccc1Cl. The zero-order valence-electron chi connectivity index (χ0n) is 9.18. The molecule has 0 aliphatic carbocycles. The predicted octanol–water partition coefficient (Wildman–Crippen LogP) is 2.97. The number of hydrogen-bond donors (Lipinski definition) is 0. The molecular formula is C13H10ClNO2. The maximum Gasteiger partial charge on any atom is 0.198 e. The average Bonchev–Trinajstić information content (AvgIpc) is 2.38. The summed E-state index contributed by atoms with van der Waals surface area (Å²) in [7, 11) is 1.50. The Morgan fingerprint density at radius 3 is 2.71 bits per heavy atom. The zero-order valence-corrected chi connectivity index (χ0v) is 9.94. The molecule has 0 amide bonds. The molecule has 0 radical (unpaired) electrons. The molecule has 0 fully saturated rings. The number of carbonyl (C=O) groups is 1. The molecule has 0 aliphatic rings. The number of aromatic nitrogens is 1. The molecule has 0 bridgehead atoms. The van der Waals surface area contributed by atoms with Gasteiger partial charge in [0.05, 0.1) is 23.9 Å². The fourth-order valence-electron chi connectivity index (χ4n) is 1.52. The normalized spacial score (nSPS) is 10.0. The summed E-state index contributed by atoms with van der Waals surface area (Å²) in [5.74, 6) is 0.271. The summed E-state index contributed by atoms with van der Waals surface area (Å²) in [6, 6.07) is 8.53. The van der Waals surface area contributed by atoms with Gasteiger partial charge in [-0.1, -0.05) is 23.7 Å². The van der Waals surface area contributed by atoms with Crippen molar-refractivity contribution in [3.05, 3.63) is 58.9 Å². The first-order valence-corrected chi connectivity index (χ1v) is 5.39. The van der Waals surface area contributed by atoms with Crippen LogP contribution in [0.4, 0.5) is 0 Å². The predicted molar refractivity (Wildman–Crippen MR) is 65.7 cm³/mol. The van der Waals surface area contributed by atoms with Crippen molar-refractivity contribution in [2.75, 3.05) is 7.11 Å². The summed E-state index contributed by atoms with van der Waals surface area (Å²) in [4.78, 5) is 16.2. The number of ketones is 1. The van der Waals surface area contributed by atoms with Gasteiger partial charge in [0.25, 0.3) is 0 Å². The van der Waals surface area contributed by atoms with E-state index in [1.807, 2.05) is 0 Å². The number of rotatable bonds is 3. The van der Waals surface area contributed by atoms with Crippen molar-refractivity contribution >= 4 is 17.4 Å². The topological polar surface area (TPSA) is 39.2 Å². The van der Waals surface area contributed by atoms with Gasteiger partial charge in [-0.05, 0) is 18.2 Å². The Labute approximate surface area is 104 Å². The summed E-state index contributed by atoms with van der Waals surface area (Å²) in [5, 5.41) is 0.427. The Morgan fingerprint density at radius 1 is 1.24 bits per heavy atom. The lowest BCUT2D eigenvalue weighted by Crippen LogP contribution is -2.04. The molecule has 2 aromatic rings. The number of ether oxygens (including phenoxy) is 1. The molecule has 0 unspecified atom stereocenters. The Balaban J connectivity index is 2.48. The van der Waals surface area contributed by atoms with Gasteiger partial charge in [-0.25, -0.2) is 0 Å². The Hall–Kier alpha value is -1.87. The quantitative estimate of drug-likeness (QED) is 0.783. The van der Waals surface area contributed by atoms with E-state index in [1.54, 1.807) is 36.5 Å². The lowest BCUT2D eigenvalue weighted by Gasteiger charge is -2.07. The first-order chi connectivity index (χ1) is 8.24. The summed E-state index contributed by atoms with van der Waals surface area (Å²) in [6.45, 7) is 0.